The van der Waals surface area contributed by atoms with Crippen LogP contribution in [-0.2, 0) is 0 Å². The third-order valence-corrected chi connectivity index (χ3v) is 3.38. The van der Waals surface area contributed by atoms with E-state index >= 15 is 0 Å². The van der Waals surface area contributed by atoms with Gasteiger partial charge in [0.05, 0.1) is 0 Å². The molecule has 4 heteroatoms. The van der Waals surface area contributed by atoms with Gasteiger partial charge in [-0.05, 0) is 11.1 Å². The number of aliphatic imine (C=N–C) groups is 1. The van der Waals surface area contributed by atoms with Crippen molar-refractivity contribution in [3.63, 3.8) is 0 Å². The van der Waals surface area contributed by atoms with Crippen molar-refractivity contribution in [2.45, 2.75) is 25.4 Å². The van der Waals surface area contributed by atoms with Crippen molar-refractivity contribution >= 4 is 6.21 Å². The zero-order valence-electron chi connectivity index (χ0n) is 11.9. The second-order valence-corrected chi connectivity index (χ2v) is 4.81. The number of benzene rings is 2. The van der Waals surface area contributed by atoms with Crippen molar-refractivity contribution in [2.24, 2.45) is 4.99 Å². The highest BCUT2D eigenvalue weighted by atomic mass is 16.6. The van der Waals surface area contributed by atoms with Gasteiger partial charge >= 0.3 is 0 Å². The number of hydrogen-bond donors (Lipinski definition) is 0. The summed E-state index contributed by atoms with van der Waals surface area (Å²) in [6.07, 6.45) is 2.16. The second kappa shape index (κ2) is 7.33. The highest BCUT2D eigenvalue weighted by Gasteiger charge is 2.30. The molecule has 0 aliphatic heterocycles. The first-order valence-electron chi connectivity index (χ1n) is 6.99. The second-order valence-electron chi connectivity index (χ2n) is 4.81. The maximum absolute atomic E-state index is 11.3. The van der Waals surface area contributed by atoms with E-state index in [0.29, 0.717) is 6.42 Å². The van der Waals surface area contributed by atoms with Crippen molar-refractivity contribution < 1.29 is 4.92 Å². The standard InChI is InChI=1S/C17H18N2O2/c1-2-16(19(20)21)17(15-11-7-4-8-12-15)18-13-14-9-5-3-6-10-14/h3-13,16-17H,2H2,1H3/t16-,17-/m0/s1. The predicted molar refractivity (Wildman–Crippen MR) is 84.3 cm³/mol. The fourth-order valence-corrected chi connectivity index (χ4v) is 2.25. The van der Waals surface area contributed by atoms with Crippen LogP contribution in [0.2, 0.25) is 0 Å². The molecule has 0 radical (unpaired) electrons. The van der Waals surface area contributed by atoms with E-state index in [1.165, 1.54) is 0 Å². The van der Waals surface area contributed by atoms with Crippen LogP contribution in [0, 0.1) is 10.1 Å². The van der Waals surface area contributed by atoms with Crippen molar-refractivity contribution in [3.8, 4) is 0 Å². The Bertz CT molecular complexity index is 597. The Balaban J connectivity index is 2.32. The lowest BCUT2D eigenvalue weighted by Gasteiger charge is -2.16. The molecule has 0 N–H and O–H groups in total. The van der Waals surface area contributed by atoms with Crippen LogP contribution in [0.25, 0.3) is 0 Å². The average molecular weight is 282 g/mol. The summed E-state index contributed by atoms with van der Waals surface area (Å²) < 4.78 is 0. The van der Waals surface area contributed by atoms with Gasteiger partial charge in [-0.1, -0.05) is 67.6 Å². The van der Waals surface area contributed by atoms with Crippen molar-refractivity contribution in [1.82, 2.24) is 0 Å². The molecule has 0 heterocycles. The minimum atomic E-state index is -0.715. The van der Waals surface area contributed by atoms with Crippen LogP contribution >= 0.6 is 0 Å². The zero-order chi connectivity index (χ0) is 15.1. The summed E-state index contributed by atoms with van der Waals surface area (Å²) in [5.74, 6) is 0. The molecular weight excluding hydrogens is 264 g/mol. The Hall–Kier alpha value is -2.49. The monoisotopic (exact) mass is 282 g/mol. The Kier molecular flexibility index (Phi) is 5.21. The molecule has 0 aromatic heterocycles. The van der Waals surface area contributed by atoms with Crippen LogP contribution in [0.1, 0.15) is 30.5 Å². The molecule has 0 unspecified atom stereocenters. The molecular formula is C17H18N2O2. The number of nitrogens with zero attached hydrogens (tertiary/aromatic N) is 2. The molecule has 2 aromatic rings. The van der Waals surface area contributed by atoms with E-state index in [4.69, 9.17) is 0 Å². The molecule has 0 saturated carbocycles. The molecule has 2 rings (SSSR count). The van der Waals surface area contributed by atoms with Crippen molar-refractivity contribution in [1.29, 1.82) is 0 Å². The van der Waals surface area contributed by atoms with E-state index in [0.717, 1.165) is 11.1 Å². The van der Waals surface area contributed by atoms with Crippen LogP contribution < -0.4 is 0 Å². The molecule has 0 aliphatic rings. The van der Waals surface area contributed by atoms with Gasteiger partial charge < -0.3 is 0 Å². The van der Waals surface area contributed by atoms with Gasteiger partial charge in [-0.15, -0.1) is 0 Å². The van der Waals surface area contributed by atoms with Gasteiger partial charge in [-0.3, -0.25) is 15.1 Å². The Morgan fingerprint density at radius 1 is 1.10 bits per heavy atom. The van der Waals surface area contributed by atoms with Gasteiger partial charge in [-0.2, -0.15) is 0 Å². The van der Waals surface area contributed by atoms with Gasteiger partial charge in [0.1, 0.15) is 6.04 Å². The summed E-state index contributed by atoms with van der Waals surface area (Å²) in [6.45, 7) is 1.82. The molecule has 4 nitrogen and oxygen atoms in total. The first-order chi connectivity index (χ1) is 10.2. The smallest absolute Gasteiger partial charge is 0.238 e. The van der Waals surface area contributed by atoms with E-state index in [2.05, 4.69) is 4.99 Å². The molecule has 0 amide bonds. The van der Waals surface area contributed by atoms with E-state index in [1.807, 2.05) is 67.6 Å². The van der Waals surface area contributed by atoms with Crippen LogP contribution in [0.3, 0.4) is 0 Å². The van der Waals surface area contributed by atoms with Crippen molar-refractivity contribution in [3.05, 3.63) is 81.9 Å². The Morgan fingerprint density at radius 2 is 1.67 bits per heavy atom. The van der Waals surface area contributed by atoms with Crippen LogP contribution in [0.5, 0.6) is 0 Å². The fraction of sp³-hybridized carbons (Fsp3) is 0.235. The predicted octanol–water partition coefficient (Wildman–Crippen LogP) is 3.90. The molecule has 2 aromatic carbocycles. The topological polar surface area (TPSA) is 55.5 Å². The molecule has 0 spiro atoms. The van der Waals surface area contributed by atoms with E-state index in [-0.39, 0.29) is 4.92 Å². The SMILES string of the molecule is CC[C@@H]([C@@H](N=Cc1ccccc1)c1ccccc1)[N+](=O)[O-]. The van der Waals surface area contributed by atoms with E-state index < -0.39 is 12.1 Å². The number of nitro groups is 1. The maximum atomic E-state index is 11.3. The molecule has 21 heavy (non-hydrogen) atoms. The average Bonchev–Trinajstić information content (AvgIpc) is 2.53. The molecule has 0 aliphatic carbocycles. The third-order valence-electron chi connectivity index (χ3n) is 3.38. The lowest BCUT2D eigenvalue weighted by Crippen LogP contribution is -2.26. The molecule has 0 saturated heterocycles. The van der Waals surface area contributed by atoms with Crippen molar-refractivity contribution in [2.75, 3.05) is 0 Å². The number of hydrogen-bond acceptors (Lipinski definition) is 3. The minimum Gasteiger partial charge on any atom is -0.277 e. The quantitative estimate of drug-likeness (QED) is 0.458. The highest BCUT2D eigenvalue weighted by molar-refractivity contribution is 5.79. The summed E-state index contributed by atoms with van der Waals surface area (Å²) in [4.78, 5) is 15.5. The lowest BCUT2D eigenvalue weighted by atomic mass is 9.98. The molecule has 0 bridgehead atoms. The summed E-state index contributed by atoms with van der Waals surface area (Å²) >= 11 is 0. The van der Waals surface area contributed by atoms with Crippen LogP contribution in [0.4, 0.5) is 0 Å². The summed E-state index contributed by atoms with van der Waals surface area (Å²) in [7, 11) is 0. The number of rotatable bonds is 6. The van der Waals surface area contributed by atoms with Crippen LogP contribution in [-0.4, -0.2) is 17.2 Å². The Morgan fingerprint density at radius 3 is 2.19 bits per heavy atom. The molecule has 0 fully saturated rings. The van der Waals surface area contributed by atoms with Gasteiger partial charge in [0.25, 0.3) is 0 Å². The fourth-order valence-electron chi connectivity index (χ4n) is 2.25. The summed E-state index contributed by atoms with van der Waals surface area (Å²) in [5, 5.41) is 11.3. The Labute approximate surface area is 124 Å². The largest absolute Gasteiger partial charge is 0.277 e. The highest BCUT2D eigenvalue weighted by Crippen LogP contribution is 2.25. The van der Waals surface area contributed by atoms with Gasteiger partial charge in [0.2, 0.25) is 6.04 Å². The van der Waals surface area contributed by atoms with Gasteiger partial charge in [0, 0.05) is 17.6 Å². The van der Waals surface area contributed by atoms with Crippen LogP contribution in [0.15, 0.2) is 65.7 Å². The third kappa shape index (κ3) is 3.99. The summed E-state index contributed by atoms with van der Waals surface area (Å²) in [6, 6.07) is 17.9. The minimum absolute atomic E-state index is 0.236. The van der Waals surface area contributed by atoms with E-state index in [1.54, 1.807) is 6.21 Å². The molecule has 2 atom stereocenters. The normalized spacial score (nSPS) is 14.0. The summed E-state index contributed by atoms with van der Waals surface area (Å²) in [5.41, 5.74) is 1.81. The lowest BCUT2D eigenvalue weighted by molar-refractivity contribution is -0.527. The maximum Gasteiger partial charge on any atom is 0.238 e. The zero-order valence-corrected chi connectivity index (χ0v) is 11.9. The van der Waals surface area contributed by atoms with Gasteiger partial charge in [-0.25, -0.2) is 0 Å². The van der Waals surface area contributed by atoms with E-state index in [9.17, 15) is 10.1 Å². The first-order valence-corrected chi connectivity index (χ1v) is 6.99. The first kappa shape index (κ1) is 14.9. The molecule has 108 valence electrons. The van der Waals surface area contributed by atoms with Gasteiger partial charge in [0.15, 0.2) is 0 Å².